The number of carboxylic acid groups (broad SMARTS) is 2. The average Bonchev–Trinajstić information content (AvgIpc) is 2.72. The van der Waals surface area contributed by atoms with Crippen LogP contribution in [0.1, 0.15) is 53.4 Å². The van der Waals surface area contributed by atoms with Crippen molar-refractivity contribution in [3.05, 3.63) is 0 Å². The van der Waals surface area contributed by atoms with Crippen molar-refractivity contribution in [2.45, 2.75) is 77.5 Å². The number of rotatable bonds is 16. The molecule has 0 bridgehead atoms. The second-order valence-corrected chi connectivity index (χ2v) is 8.97. The van der Waals surface area contributed by atoms with Gasteiger partial charge in [-0.15, -0.1) is 0 Å². The van der Waals surface area contributed by atoms with Gasteiger partial charge in [0.25, 0.3) is 0 Å². The Kier molecular flexibility index (Phi) is 14.0. The summed E-state index contributed by atoms with van der Waals surface area (Å²) >= 11 is 0. The lowest BCUT2D eigenvalue weighted by Crippen LogP contribution is -2.58. The molecule has 0 saturated carbocycles. The molecule has 0 radical (unpaired) electrons. The fourth-order valence-electron chi connectivity index (χ4n) is 2.96. The van der Waals surface area contributed by atoms with Crippen molar-refractivity contribution in [3.63, 3.8) is 0 Å². The molecule has 14 heteroatoms. The summed E-state index contributed by atoms with van der Waals surface area (Å²) in [7, 11) is 0. The van der Waals surface area contributed by atoms with Crippen molar-refractivity contribution in [2.75, 3.05) is 6.54 Å². The predicted molar refractivity (Wildman–Crippen MR) is 128 cm³/mol. The minimum atomic E-state index is -1.58. The number of hydrogen-bond donors (Lipinski definition) is 8. The highest BCUT2D eigenvalue weighted by atomic mass is 16.4. The van der Waals surface area contributed by atoms with Gasteiger partial charge in [0.2, 0.25) is 17.7 Å². The van der Waals surface area contributed by atoms with Gasteiger partial charge in [-0.25, -0.2) is 4.79 Å². The highest BCUT2D eigenvalue weighted by Gasteiger charge is 2.32. The van der Waals surface area contributed by atoms with Crippen molar-refractivity contribution in [2.24, 2.45) is 34.0 Å². The molecule has 0 aliphatic carbocycles. The van der Waals surface area contributed by atoms with Crippen LogP contribution in [0.15, 0.2) is 4.99 Å². The molecule has 200 valence electrons. The van der Waals surface area contributed by atoms with E-state index >= 15 is 0 Å². The van der Waals surface area contributed by atoms with Crippen molar-refractivity contribution in [3.8, 4) is 0 Å². The number of carbonyl (C=O) groups is 5. The zero-order valence-corrected chi connectivity index (χ0v) is 20.6. The molecule has 0 aromatic carbocycles. The summed E-state index contributed by atoms with van der Waals surface area (Å²) in [5, 5.41) is 25.7. The number of hydrogen-bond acceptors (Lipinski definition) is 7. The third-order valence-electron chi connectivity index (χ3n) is 4.93. The molecule has 0 aliphatic rings. The lowest BCUT2D eigenvalue weighted by Gasteiger charge is -2.26. The number of aliphatic imine (C=N–C) groups is 1. The van der Waals surface area contributed by atoms with E-state index in [1.165, 1.54) is 0 Å². The molecule has 4 unspecified atom stereocenters. The molecular weight excluding hydrogens is 462 g/mol. The maximum atomic E-state index is 12.9. The van der Waals surface area contributed by atoms with E-state index in [0.29, 0.717) is 0 Å². The van der Waals surface area contributed by atoms with E-state index in [0.717, 1.165) is 0 Å². The minimum absolute atomic E-state index is 0.0327. The molecule has 4 atom stereocenters. The Bertz CT molecular complexity index is 782. The van der Waals surface area contributed by atoms with Crippen LogP contribution < -0.4 is 33.2 Å². The van der Waals surface area contributed by atoms with E-state index < -0.39 is 60.2 Å². The van der Waals surface area contributed by atoms with E-state index in [4.69, 9.17) is 17.2 Å². The van der Waals surface area contributed by atoms with Crippen molar-refractivity contribution >= 4 is 35.6 Å². The van der Waals surface area contributed by atoms with Gasteiger partial charge in [0.1, 0.15) is 18.1 Å². The van der Waals surface area contributed by atoms with Gasteiger partial charge in [-0.05, 0) is 31.1 Å². The molecule has 0 aromatic heterocycles. The molecule has 11 N–H and O–H groups in total. The maximum Gasteiger partial charge on any atom is 0.326 e. The Labute approximate surface area is 204 Å². The highest BCUT2D eigenvalue weighted by molar-refractivity contribution is 5.95. The molecule has 0 spiro atoms. The first-order chi connectivity index (χ1) is 16.1. The van der Waals surface area contributed by atoms with Crippen LogP contribution in [0.5, 0.6) is 0 Å². The third kappa shape index (κ3) is 13.2. The van der Waals surface area contributed by atoms with Gasteiger partial charge in [0.05, 0.1) is 12.5 Å². The number of aliphatic carboxylic acids is 2. The zero-order chi connectivity index (χ0) is 27.3. The first kappa shape index (κ1) is 31.6. The van der Waals surface area contributed by atoms with Crippen LogP contribution in [0.3, 0.4) is 0 Å². The second-order valence-electron chi connectivity index (χ2n) is 8.97. The van der Waals surface area contributed by atoms with E-state index in [1.54, 1.807) is 13.8 Å². The average molecular weight is 502 g/mol. The van der Waals surface area contributed by atoms with Crippen LogP contribution in [0.25, 0.3) is 0 Å². The molecule has 0 aromatic rings. The number of amides is 3. The van der Waals surface area contributed by atoms with Crippen molar-refractivity contribution in [1.82, 2.24) is 16.0 Å². The van der Waals surface area contributed by atoms with Crippen LogP contribution in [-0.4, -0.2) is 76.5 Å². The monoisotopic (exact) mass is 501 g/mol. The molecule has 35 heavy (non-hydrogen) atoms. The van der Waals surface area contributed by atoms with Gasteiger partial charge in [-0.2, -0.15) is 0 Å². The molecule has 0 heterocycles. The number of carbonyl (C=O) groups excluding carboxylic acids is 3. The second kappa shape index (κ2) is 15.5. The van der Waals surface area contributed by atoms with Crippen molar-refractivity contribution < 1.29 is 34.2 Å². The van der Waals surface area contributed by atoms with Crippen LogP contribution in [0, 0.1) is 11.8 Å². The lowest BCUT2D eigenvalue weighted by molar-refractivity contribution is -0.143. The van der Waals surface area contributed by atoms with Gasteiger partial charge >= 0.3 is 11.9 Å². The normalized spacial score (nSPS) is 14.4. The minimum Gasteiger partial charge on any atom is -0.481 e. The first-order valence-electron chi connectivity index (χ1n) is 11.3. The van der Waals surface area contributed by atoms with Gasteiger partial charge < -0.3 is 43.4 Å². The van der Waals surface area contributed by atoms with Gasteiger partial charge in [0, 0.05) is 6.54 Å². The molecular formula is C21H39N7O7. The van der Waals surface area contributed by atoms with E-state index in [-0.39, 0.29) is 43.6 Å². The summed E-state index contributed by atoms with van der Waals surface area (Å²) in [6, 6.07) is -4.89. The fourth-order valence-corrected chi connectivity index (χ4v) is 2.96. The fraction of sp³-hybridized carbons (Fsp3) is 0.714. The molecule has 0 rings (SSSR count). The molecule has 0 aliphatic heterocycles. The summed E-state index contributed by atoms with van der Waals surface area (Å²) in [4.78, 5) is 64.6. The van der Waals surface area contributed by atoms with E-state index in [9.17, 15) is 34.2 Å². The number of nitrogens with one attached hydrogen (secondary N) is 3. The van der Waals surface area contributed by atoms with Crippen LogP contribution in [0.4, 0.5) is 0 Å². The lowest BCUT2D eigenvalue weighted by atomic mass is 10.00. The Morgan fingerprint density at radius 1 is 0.829 bits per heavy atom. The van der Waals surface area contributed by atoms with Crippen LogP contribution in [0.2, 0.25) is 0 Å². The Hall–Kier alpha value is -3.42. The van der Waals surface area contributed by atoms with Crippen molar-refractivity contribution in [1.29, 1.82) is 0 Å². The molecule has 14 nitrogen and oxygen atoms in total. The summed E-state index contributed by atoms with van der Waals surface area (Å²) in [5.41, 5.74) is 16.3. The predicted octanol–water partition coefficient (Wildman–Crippen LogP) is -1.92. The number of nitrogens with zero attached hydrogens (tertiary/aromatic N) is 1. The van der Waals surface area contributed by atoms with Crippen LogP contribution >= 0.6 is 0 Å². The Balaban J connectivity index is 5.49. The van der Waals surface area contributed by atoms with E-state index in [1.807, 2.05) is 13.8 Å². The van der Waals surface area contributed by atoms with Gasteiger partial charge in [0.15, 0.2) is 5.96 Å². The maximum absolute atomic E-state index is 12.9. The number of nitrogens with two attached hydrogens (primary N) is 3. The smallest absolute Gasteiger partial charge is 0.326 e. The summed E-state index contributed by atoms with van der Waals surface area (Å²) in [5.74, 6) is -5.48. The largest absolute Gasteiger partial charge is 0.481 e. The van der Waals surface area contributed by atoms with Gasteiger partial charge in [-0.1, -0.05) is 27.7 Å². The molecule has 0 fully saturated rings. The quantitative estimate of drug-likeness (QED) is 0.0661. The summed E-state index contributed by atoms with van der Waals surface area (Å²) < 4.78 is 0. The van der Waals surface area contributed by atoms with Gasteiger partial charge in [-0.3, -0.25) is 24.2 Å². The number of guanidine groups is 1. The zero-order valence-electron chi connectivity index (χ0n) is 20.6. The standard InChI is InChI=1S/C21H39N7O7/c1-10(2)8-13(28-19(33)16(22)11(3)4)17(31)27-14(9-15(29)30)18(32)26-12(20(34)35)6-5-7-25-21(23)24/h10-14,16H,5-9,22H2,1-4H3,(H,26,32)(H,27,31)(H,28,33)(H,29,30)(H,34,35)(H4,23,24,25). The SMILES string of the molecule is CC(C)CC(NC(=O)C(N)C(C)C)C(=O)NC(CC(=O)O)C(=O)NC(CCCN=C(N)N)C(=O)O. The summed E-state index contributed by atoms with van der Waals surface area (Å²) in [6.45, 7) is 7.24. The van der Waals surface area contributed by atoms with Crippen LogP contribution in [-0.2, 0) is 24.0 Å². The first-order valence-corrected chi connectivity index (χ1v) is 11.3. The Morgan fingerprint density at radius 3 is 1.80 bits per heavy atom. The number of carboxylic acids is 2. The highest BCUT2D eigenvalue weighted by Crippen LogP contribution is 2.08. The topological polar surface area (TPSA) is 252 Å². The van der Waals surface area contributed by atoms with E-state index in [2.05, 4.69) is 20.9 Å². The third-order valence-corrected chi connectivity index (χ3v) is 4.93. The molecule has 3 amide bonds. The summed E-state index contributed by atoms with van der Waals surface area (Å²) in [6.07, 6.45) is -0.410. The molecule has 0 saturated heterocycles. The Morgan fingerprint density at radius 2 is 1.34 bits per heavy atom.